The number of nitriles is 1. The molecule has 2 aromatic carbocycles. The molecule has 0 aliphatic carbocycles. The van der Waals surface area contributed by atoms with E-state index in [1.165, 1.54) is 0 Å². The fourth-order valence-electron chi connectivity index (χ4n) is 1.98. The van der Waals surface area contributed by atoms with E-state index in [2.05, 4.69) is 6.07 Å². The number of nitrogens with zero attached hydrogens (tertiary/aromatic N) is 1. The van der Waals surface area contributed by atoms with E-state index in [9.17, 15) is 10.1 Å². The van der Waals surface area contributed by atoms with Gasteiger partial charge in [-0.2, -0.15) is 5.26 Å². The summed E-state index contributed by atoms with van der Waals surface area (Å²) in [5.41, 5.74) is 1.23. The zero-order valence-electron chi connectivity index (χ0n) is 11.2. The zero-order chi connectivity index (χ0) is 14.4. The van der Waals surface area contributed by atoms with Crippen molar-refractivity contribution < 1.29 is 9.53 Å². The van der Waals surface area contributed by atoms with Crippen LogP contribution in [0.3, 0.4) is 0 Å². The van der Waals surface area contributed by atoms with E-state index < -0.39 is 5.92 Å². The fraction of sp³-hybridized carbons (Fsp3) is 0.176. The summed E-state index contributed by atoms with van der Waals surface area (Å²) in [4.78, 5) is 12.4. The molecule has 0 amide bonds. The fourth-order valence-corrected chi connectivity index (χ4v) is 1.98. The Labute approximate surface area is 118 Å². The molecule has 0 aliphatic heterocycles. The van der Waals surface area contributed by atoms with E-state index in [4.69, 9.17) is 4.74 Å². The molecule has 0 saturated carbocycles. The first-order valence-corrected chi connectivity index (χ1v) is 6.48. The summed E-state index contributed by atoms with van der Waals surface area (Å²) in [7, 11) is 0. The summed E-state index contributed by atoms with van der Waals surface area (Å²) in [5, 5.41) is 9.25. The average Bonchev–Trinajstić information content (AvgIpc) is 2.50. The number of hydrogen-bond donors (Lipinski definition) is 0. The van der Waals surface area contributed by atoms with E-state index in [0.29, 0.717) is 17.7 Å². The second-order valence-electron chi connectivity index (χ2n) is 4.29. The molecule has 0 saturated heterocycles. The Balaban J connectivity index is 2.23. The van der Waals surface area contributed by atoms with Crippen molar-refractivity contribution in [2.75, 3.05) is 6.61 Å². The Bertz CT molecular complexity index is 612. The van der Waals surface area contributed by atoms with Crippen LogP contribution in [0.4, 0.5) is 0 Å². The number of Topliss-reactive ketones (excluding diaryl/α,β-unsaturated/α-hetero) is 1. The molecular weight excluding hydrogens is 250 g/mol. The minimum absolute atomic E-state index is 0.193. The lowest BCUT2D eigenvalue weighted by Gasteiger charge is -2.09. The summed E-state index contributed by atoms with van der Waals surface area (Å²) in [6.45, 7) is 2.48. The lowest BCUT2D eigenvalue weighted by molar-refractivity contribution is 0.0979. The molecule has 1 atom stereocenters. The van der Waals surface area contributed by atoms with E-state index in [1.54, 1.807) is 36.4 Å². The zero-order valence-corrected chi connectivity index (χ0v) is 11.2. The van der Waals surface area contributed by atoms with Gasteiger partial charge in [0.1, 0.15) is 11.7 Å². The van der Waals surface area contributed by atoms with Gasteiger partial charge in [-0.15, -0.1) is 0 Å². The van der Waals surface area contributed by atoms with Gasteiger partial charge in [-0.1, -0.05) is 30.3 Å². The molecule has 0 aliphatic rings. The average molecular weight is 265 g/mol. The molecule has 2 aromatic rings. The Morgan fingerprint density at radius 1 is 1.15 bits per heavy atom. The largest absolute Gasteiger partial charge is 0.494 e. The van der Waals surface area contributed by atoms with Gasteiger partial charge in [0.05, 0.1) is 12.7 Å². The van der Waals surface area contributed by atoms with Crippen molar-refractivity contribution in [1.29, 1.82) is 5.26 Å². The molecular formula is C17H15NO2. The van der Waals surface area contributed by atoms with Gasteiger partial charge in [-0.3, -0.25) is 4.79 Å². The summed E-state index contributed by atoms with van der Waals surface area (Å²) >= 11 is 0. The molecule has 0 N–H and O–H groups in total. The summed E-state index contributed by atoms with van der Waals surface area (Å²) < 4.78 is 5.34. The minimum atomic E-state index is -0.769. The van der Waals surface area contributed by atoms with Gasteiger partial charge in [0.2, 0.25) is 0 Å². The van der Waals surface area contributed by atoms with Crippen molar-refractivity contribution in [2.24, 2.45) is 0 Å². The molecule has 3 nitrogen and oxygen atoms in total. The van der Waals surface area contributed by atoms with Gasteiger partial charge >= 0.3 is 0 Å². The number of hydrogen-bond acceptors (Lipinski definition) is 3. The highest BCUT2D eigenvalue weighted by atomic mass is 16.5. The van der Waals surface area contributed by atoms with Crippen molar-refractivity contribution in [3.63, 3.8) is 0 Å². The van der Waals surface area contributed by atoms with Crippen LogP contribution in [0.5, 0.6) is 5.75 Å². The number of ketones is 1. The van der Waals surface area contributed by atoms with Crippen LogP contribution in [-0.4, -0.2) is 12.4 Å². The number of rotatable bonds is 5. The van der Waals surface area contributed by atoms with Crippen molar-refractivity contribution in [1.82, 2.24) is 0 Å². The second-order valence-corrected chi connectivity index (χ2v) is 4.29. The van der Waals surface area contributed by atoms with Crippen LogP contribution < -0.4 is 4.74 Å². The number of carbonyl (C=O) groups is 1. The van der Waals surface area contributed by atoms with Gasteiger partial charge in [-0.25, -0.2) is 0 Å². The molecule has 0 bridgehead atoms. The summed E-state index contributed by atoms with van der Waals surface area (Å²) in [6.07, 6.45) is 0. The van der Waals surface area contributed by atoms with Gasteiger partial charge in [-0.05, 0) is 36.8 Å². The molecule has 0 spiro atoms. The van der Waals surface area contributed by atoms with Crippen LogP contribution in [0.2, 0.25) is 0 Å². The third-order valence-corrected chi connectivity index (χ3v) is 2.97. The predicted octanol–water partition coefficient (Wildman–Crippen LogP) is 3.58. The normalized spacial score (nSPS) is 11.4. The molecule has 100 valence electrons. The maximum absolute atomic E-state index is 12.4. The van der Waals surface area contributed by atoms with Gasteiger partial charge in [0, 0.05) is 5.56 Å². The Morgan fingerprint density at radius 2 is 1.80 bits per heavy atom. The molecule has 3 heteroatoms. The molecule has 0 heterocycles. The summed E-state index contributed by atoms with van der Waals surface area (Å²) in [5.74, 6) is -0.242. The third-order valence-electron chi connectivity index (χ3n) is 2.97. The van der Waals surface area contributed by atoms with Crippen molar-refractivity contribution in [3.05, 3.63) is 65.7 Å². The standard InChI is InChI=1S/C17H15NO2/c1-2-20-15-10-8-14(9-11-15)17(19)16(12-18)13-6-4-3-5-7-13/h3-11,16H,2H2,1H3. The van der Waals surface area contributed by atoms with Crippen molar-refractivity contribution in [3.8, 4) is 11.8 Å². The maximum atomic E-state index is 12.4. The second kappa shape index (κ2) is 6.53. The van der Waals surface area contributed by atoms with Crippen LogP contribution in [0, 0.1) is 11.3 Å². The van der Waals surface area contributed by atoms with Crippen molar-refractivity contribution in [2.45, 2.75) is 12.8 Å². The Morgan fingerprint density at radius 3 is 2.35 bits per heavy atom. The van der Waals surface area contributed by atoms with Crippen LogP contribution in [-0.2, 0) is 0 Å². The smallest absolute Gasteiger partial charge is 0.184 e. The third kappa shape index (κ3) is 3.04. The van der Waals surface area contributed by atoms with Crippen molar-refractivity contribution >= 4 is 5.78 Å². The minimum Gasteiger partial charge on any atom is -0.494 e. The SMILES string of the molecule is CCOc1ccc(C(=O)C(C#N)c2ccccc2)cc1. The van der Waals surface area contributed by atoms with E-state index >= 15 is 0 Å². The number of carbonyl (C=O) groups excluding carboxylic acids is 1. The van der Waals surface area contributed by atoms with Gasteiger partial charge in [0.15, 0.2) is 5.78 Å². The van der Waals surface area contributed by atoms with E-state index in [1.807, 2.05) is 25.1 Å². The van der Waals surface area contributed by atoms with Crippen LogP contribution in [0.25, 0.3) is 0 Å². The quantitative estimate of drug-likeness (QED) is 0.776. The summed E-state index contributed by atoms with van der Waals surface area (Å²) in [6, 6.07) is 18.1. The lowest BCUT2D eigenvalue weighted by atomic mass is 9.92. The number of ether oxygens (including phenoxy) is 1. The van der Waals surface area contributed by atoms with Gasteiger partial charge in [0.25, 0.3) is 0 Å². The number of benzene rings is 2. The highest BCUT2D eigenvalue weighted by Crippen LogP contribution is 2.21. The highest BCUT2D eigenvalue weighted by molar-refractivity contribution is 6.02. The molecule has 1 unspecified atom stereocenters. The first kappa shape index (κ1) is 13.8. The molecule has 0 fully saturated rings. The maximum Gasteiger partial charge on any atom is 0.184 e. The van der Waals surface area contributed by atoms with Crippen LogP contribution in [0.1, 0.15) is 28.8 Å². The molecule has 0 radical (unpaired) electrons. The van der Waals surface area contributed by atoms with E-state index in [-0.39, 0.29) is 5.78 Å². The van der Waals surface area contributed by atoms with Crippen LogP contribution >= 0.6 is 0 Å². The highest BCUT2D eigenvalue weighted by Gasteiger charge is 2.21. The van der Waals surface area contributed by atoms with Crippen LogP contribution in [0.15, 0.2) is 54.6 Å². The molecule has 20 heavy (non-hydrogen) atoms. The van der Waals surface area contributed by atoms with E-state index in [0.717, 1.165) is 5.75 Å². The predicted molar refractivity (Wildman–Crippen MR) is 76.7 cm³/mol. The van der Waals surface area contributed by atoms with Gasteiger partial charge < -0.3 is 4.74 Å². The molecule has 2 rings (SSSR count). The lowest BCUT2D eigenvalue weighted by Crippen LogP contribution is -2.11. The first-order valence-electron chi connectivity index (χ1n) is 6.48. The Kier molecular flexibility index (Phi) is 4.52. The first-order chi connectivity index (χ1) is 9.76. The Hall–Kier alpha value is -2.60. The molecule has 0 aromatic heterocycles. The monoisotopic (exact) mass is 265 g/mol. The topological polar surface area (TPSA) is 50.1 Å².